The van der Waals surface area contributed by atoms with E-state index in [4.69, 9.17) is 4.74 Å². The second-order valence-corrected chi connectivity index (χ2v) is 6.38. The number of ether oxygens (including phenoxy) is 1. The summed E-state index contributed by atoms with van der Waals surface area (Å²) in [6, 6.07) is 10.5. The topological polar surface area (TPSA) is 45.7 Å². The summed E-state index contributed by atoms with van der Waals surface area (Å²) in [7, 11) is 1.80. The Morgan fingerprint density at radius 3 is 2.39 bits per heavy atom. The molecule has 0 radical (unpaired) electrons. The van der Waals surface area contributed by atoms with Crippen LogP contribution in [0, 0.1) is 0 Å². The van der Waals surface area contributed by atoms with E-state index in [0.717, 1.165) is 32.1 Å². The molecule has 0 fully saturated rings. The summed E-state index contributed by atoms with van der Waals surface area (Å²) in [5.41, 5.74) is 1.38. The SMILES string of the molecule is CN=C(NCCCOC(C)C)NCC(C)(C)c1ccccc1.I. The number of nitrogens with zero attached hydrogens (tertiary/aromatic N) is 1. The van der Waals surface area contributed by atoms with Crippen LogP contribution in [0.15, 0.2) is 35.3 Å². The highest BCUT2D eigenvalue weighted by molar-refractivity contribution is 14.0. The molecular formula is C18H32IN3O. The molecule has 5 heteroatoms. The summed E-state index contributed by atoms with van der Waals surface area (Å²) in [5.74, 6) is 0.841. The molecule has 0 amide bonds. The summed E-state index contributed by atoms with van der Waals surface area (Å²) in [4.78, 5) is 4.27. The third-order valence-corrected chi connectivity index (χ3v) is 3.54. The van der Waals surface area contributed by atoms with E-state index in [1.165, 1.54) is 5.56 Å². The number of hydrogen-bond donors (Lipinski definition) is 2. The smallest absolute Gasteiger partial charge is 0.191 e. The first-order valence-electron chi connectivity index (χ1n) is 8.07. The van der Waals surface area contributed by atoms with Gasteiger partial charge < -0.3 is 15.4 Å². The van der Waals surface area contributed by atoms with Gasteiger partial charge in [-0.05, 0) is 25.8 Å². The predicted octanol–water partition coefficient (Wildman–Crippen LogP) is 3.56. The maximum atomic E-state index is 5.53. The van der Waals surface area contributed by atoms with Gasteiger partial charge in [0.25, 0.3) is 0 Å². The normalized spacial score (nSPS) is 12.0. The first-order chi connectivity index (χ1) is 10.5. The number of guanidine groups is 1. The molecule has 0 atom stereocenters. The summed E-state index contributed by atoms with van der Waals surface area (Å²) >= 11 is 0. The van der Waals surface area contributed by atoms with Crippen LogP contribution >= 0.6 is 24.0 Å². The van der Waals surface area contributed by atoms with Crippen molar-refractivity contribution in [3.63, 3.8) is 0 Å². The zero-order valence-electron chi connectivity index (χ0n) is 15.1. The lowest BCUT2D eigenvalue weighted by atomic mass is 9.85. The van der Waals surface area contributed by atoms with Crippen molar-refractivity contribution in [2.75, 3.05) is 26.7 Å². The van der Waals surface area contributed by atoms with E-state index in [2.05, 4.69) is 67.6 Å². The van der Waals surface area contributed by atoms with Gasteiger partial charge in [0.05, 0.1) is 6.10 Å². The van der Waals surface area contributed by atoms with Crippen molar-refractivity contribution in [3.05, 3.63) is 35.9 Å². The minimum absolute atomic E-state index is 0. The van der Waals surface area contributed by atoms with Crippen LogP contribution < -0.4 is 10.6 Å². The molecule has 1 rings (SSSR count). The van der Waals surface area contributed by atoms with Crippen molar-refractivity contribution in [2.45, 2.75) is 45.6 Å². The van der Waals surface area contributed by atoms with Gasteiger partial charge in [-0.1, -0.05) is 44.2 Å². The monoisotopic (exact) mass is 433 g/mol. The first kappa shape index (κ1) is 22.2. The van der Waals surface area contributed by atoms with Gasteiger partial charge in [0.1, 0.15) is 0 Å². The van der Waals surface area contributed by atoms with Crippen molar-refractivity contribution in [1.29, 1.82) is 0 Å². The maximum Gasteiger partial charge on any atom is 0.191 e. The summed E-state index contributed by atoms with van der Waals surface area (Å²) in [6.07, 6.45) is 1.27. The molecule has 0 heterocycles. The Kier molecular flexibility index (Phi) is 11.3. The molecule has 0 aliphatic carbocycles. The highest BCUT2D eigenvalue weighted by atomic mass is 127. The van der Waals surface area contributed by atoms with E-state index < -0.39 is 0 Å². The van der Waals surface area contributed by atoms with E-state index in [1.54, 1.807) is 7.05 Å². The summed E-state index contributed by atoms with van der Waals surface area (Å²) in [5, 5.41) is 6.73. The second-order valence-electron chi connectivity index (χ2n) is 6.38. The highest BCUT2D eigenvalue weighted by Gasteiger charge is 2.20. The fourth-order valence-corrected chi connectivity index (χ4v) is 2.11. The van der Waals surface area contributed by atoms with E-state index >= 15 is 0 Å². The van der Waals surface area contributed by atoms with Crippen molar-refractivity contribution in [1.82, 2.24) is 10.6 Å². The van der Waals surface area contributed by atoms with Crippen LogP contribution in [0.2, 0.25) is 0 Å². The van der Waals surface area contributed by atoms with Crippen LogP contribution in [-0.2, 0) is 10.2 Å². The van der Waals surface area contributed by atoms with Crippen molar-refractivity contribution >= 4 is 29.9 Å². The number of benzene rings is 1. The molecule has 1 aromatic carbocycles. The molecule has 0 aliphatic rings. The summed E-state index contributed by atoms with van der Waals surface area (Å²) in [6.45, 7) is 11.0. The van der Waals surface area contributed by atoms with Gasteiger partial charge in [0.15, 0.2) is 5.96 Å². The molecule has 0 saturated carbocycles. The van der Waals surface area contributed by atoms with Crippen LogP contribution in [0.25, 0.3) is 0 Å². The lowest BCUT2D eigenvalue weighted by Gasteiger charge is -2.26. The molecule has 0 aromatic heterocycles. The molecule has 0 spiro atoms. The molecule has 0 unspecified atom stereocenters. The Morgan fingerprint density at radius 1 is 1.17 bits per heavy atom. The van der Waals surface area contributed by atoms with E-state index in [-0.39, 0.29) is 29.4 Å². The van der Waals surface area contributed by atoms with Crippen molar-refractivity contribution in [2.24, 2.45) is 4.99 Å². The Bertz CT molecular complexity index is 447. The van der Waals surface area contributed by atoms with Crippen LogP contribution in [0.5, 0.6) is 0 Å². The number of halogens is 1. The van der Waals surface area contributed by atoms with Gasteiger partial charge in [-0.3, -0.25) is 4.99 Å². The first-order valence-corrected chi connectivity index (χ1v) is 8.07. The van der Waals surface area contributed by atoms with Gasteiger partial charge in [-0.15, -0.1) is 24.0 Å². The number of aliphatic imine (C=N–C) groups is 1. The quantitative estimate of drug-likeness (QED) is 0.285. The van der Waals surface area contributed by atoms with Crippen LogP contribution in [0.1, 0.15) is 39.7 Å². The van der Waals surface area contributed by atoms with E-state index in [9.17, 15) is 0 Å². The van der Waals surface area contributed by atoms with Gasteiger partial charge in [-0.25, -0.2) is 0 Å². The number of rotatable bonds is 8. The zero-order chi connectivity index (χ0) is 16.4. The van der Waals surface area contributed by atoms with Gasteiger partial charge in [-0.2, -0.15) is 0 Å². The molecule has 0 aliphatic heterocycles. The fourth-order valence-electron chi connectivity index (χ4n) is 2.11. The minimum atomic E-state index is 0. The van der Waals surface area contributed by atoms with E-state index in [0.29, 0.717) is 6.10 Å². The molecule has 0 bridgehead atoms. The molecule has 2 N–H and O–H groups in total. The van der Waals surface area contributed by atoms with Crippen LogP contribution in [-0.4, -0.2) is 38.8 Å². The van der Waals surface area contributed by atoms with Crippen molar-refractivity contribution < 1.29 is 4.74 Å². The molecule has 0 saturated heterocycles. The highest BCUT2D eigenvalue weighted by Crippen LogP contribution is 2.21. The average molecular weight is 433 g/mol. The molecule has 4 nitrogen and oxygen atoms in total. The number of nitrogens with one attached hydrogen (secondary N) is 2. The Balaban J connectivity index is 0.00000484. The standard InChI is InChI=1S/C18H31N3O.HI/c1-15(2)22-13-9-12-20-17(19-5)21-14-18(3,4)16-10-7-6-8-11-16;/h6-8,10-11,15H,9,12-14H2,1-5H3,(H2,19,20,21);1H. The predicted molar refractivity (Wildman–Crippen MR) is 110 cm³/mol. The van der Waals surface area contributed by atoms with Crippen molar-refractivity contribution in [3.8, 4) is 0 Å². The van der Waals surface area contributed by atoms with Gasteiger partial charge in [0.2, 0.25) is 0 Å². The lowest BCUT2D eigenvalue weighted by molar-refractivity contribution is 0.0776. The molecule has 132 valence electrons. The zero-order valence-corrected chi connectivity index (χ0v) is 17.4. The van der Waals surface area contributed by atoms with Crippen LogP contribution in [0.4, 0.5) is 0 Å². The minimum Gasteiger partial charge on any atom is -0.379 e. The van der Waals surface area contributed by atoms with Crippen LogP contribution in [0.3, 0.4) is 0 Å². The van der Waals surface area contributed by atoms with Gasteiger partial charge in [0, 0.05) is 32.2 Å². The summed E-state index contributed by atoms with van der Waals surface area (Å²) < 4.78 is 5.53. The Labute approximate surface area is 158 Å². The van der Waals surface area contributed by atoms with Gasteiger partial charge >= 0.3 is 0 Å². The lowest BCUT2D eigenvalue weighted by Crippen LogP contribution is -2.43. The average Bonchev–Trinajstić information content (AvgIpc) is 2.50. The third kappa shape index (κ3) is 9.15. The molecular weight excluding hydrogens is 401 g/mol. The molecule has 23 heavy (non-hydrogen) atoms. The molecule has 1 aromatic rings. The Hall–Kier alpha value is -0.820. The number of hydrogen-bond acceptors (Lipinski definition) is 2. The Morgan fingerprint density at radius 2 is 1.83 bits per heavy atom. The van der Waals surface area contributed by atoms with E-state index in [1.807, 2.05) is 6.07 Å². The third-order valence-electron chi connectivity index (χ3n) is 3.54. The largest absolute Gasteiger partial charge is 0.379 e. The maximum absolute atomic E-state index is 5.53. The second kappa shape index (κ2) is 11.7. The fraction of sp³-hybridized carbons (Fsp3) is 0.611.